The number of aromatic nitrogens is 1. The summed E-state index contributed by atoms with van der Waals surface area (Å²) in [6.07, 6.45) is 5.26. The normalized spacial score (nSPS) is 18.8. The molecule has 3 rings (SSSR count). The molecule has 1 amide bonds. The number of anilines is 1. The van der Waals surface area contributed by atoms with Crippen LogP contribution >= 0.6 is 11.6 Å². The first kappa shape index (κ1) is 13.7. The molecule has 0 unspecified atom stereocenters. The maximum atomic E-state index is 12.1. The standard InChI is InChI=1S/C15H20ClN3O/c1-18(8-10-5-3-4-6-10)13-7-11-12(14(16)17-13)9-19(2)15(11)20/h7,10H,3-6,8-9H2,1-2H3. The fraction of sp³-hybridized carbons (Fsp3) is 0.600. The molecule has 0 atom stereocenters. The highest BCUT2D eigenvalue weighted by molar-refractivity contribution is 6.31. The topological polar surface area (TPSA) is 36.4 Å². The summed E-state index contributed by atoms with van der Waals surface area (Å²) >= 11 is 6.25. The first-order chi connectivity index (χ1) is 9.56. The molecule has 1 aliphatic carbocycles. The molecule has 0 spiro atoms. The molecule has 0 radical (unpaired) electrons. The summed E-state index contributed by atoms with van der Waals surface area (Å²) in [5.74, 6) is 1.59. The molecule has 0 saturated heterocycles. The molecule has 0 aromatic carbocycles. The maximum Gasteiger partial charge on any atom is 0.254 e. The van der Waals surface area contributed by atoms with Crippen LogP contribution in [0.1, 0.15) is 41.6 Å². The summed E-state index contributed by atoms with van der Waals surface area (Å²) < 4.78 is 0. The molecular weight excluding hydrogens is 274 g/mol. The second-order valence-electron chi connectivity index (χ2n) is 5.99. The molecule has 2 heterocycles. The number of nitrogens with zero attached hydrogens (tertiary/aromatic N) is 3. The minimum Gasteiger partial charge on any atom is -0.359 e. The van der Waals surface area contributed by atoms with Gasteiger partial charge >= 0.3 is 0 Å². The summed E-state index contributed by atoms with van der Waals surface area (Å²) in [5.41, 5.74) is 1.57. The van der Waals surface area contributed by atoms with E-state index < -0.39 is 0 Å². The molecule has 0 bridgehead atoms. The van der Waals surface area contributed by atoms with Crippen molar-refractivity contribution in [1.29, 1.82) is 0 Å². The Morgan fingerprint density at radius 3 is 2.85 bits per heavy atom. The predicted octanol–water partition coefficient (Wildman–Crippen LogP) is 2.95. The molecule has 5 heteroatoms. The van der Waals surface area contributed by atoms with Gasteiger partial charge in [0.05, 0.1) is 5.56 Å². The van der Waals surface area contributed by atoms with Crippen molar-refractivity contribution in [2.45, 2.75) is 32.2 Å². The summed E-state index contributed by atoms with van der Waals surface area (Å²) in [4.78, 5) is 20.4. The molecule has 1 aromatic rings. The Kier molecular flexibility index (Phi) is 3.59. The molecule has 0 N–H and O–H groups in total. The van der Waals surface area contributed by atoms with Crippen molar-refractivity contribution >= 4 is 23.3 Å². The number of rotatable bonds is 3. The van der Waals surface area contributed by atoms with E-state index in [1.807, 2.05) is 13.1 Å². The summed E-state index contributed by atoms with van der Waals surface area (Å²) in [5, 5.41) is 0.466. The van der Waals surface area contributed by atoms with Crippen molar-refractivity contribution in [2.75, 3.05) is 25.5 Å². The monoisotopic (exact) mass is 293 g/mol. The molecule has 4 nitrogen and oxygen atoms in total. The second-order valence-corrected chi connectivity index (χ2v) is 6.35. The molecule has 1 saturated carbocycles. The van der Waals surface area contributed by atoms with Gasteiger partial charge in [-0.2, -0.15) is 0 Å². The van der Waals surface area contributed by atoms with Crippen LogP contribution in [0.5, 0.6) is 0 Å². The first-order valence-electron chi connectivity index (χ1n) is 7.22. The molecule has 2 aliphatic rings. The van der Waals surface area contributed by atoms with Gasteiger partial charge in [0.1, 0.15) is 11.0 Å². The van der Waals surface area contributed by atoms with Gasteiger partial charge in [0.15, 0.2) is 0 Å². The van der Waals surface area contributed by atoms with Gasteiger partial charge in [-0.3, -0.25) is 4.79 Å². The summed E-state index contributed by atoms with van der Waals surface area (Å²) in [6.45, 7) is 1.55. The van der Waals surface area contributed by atoms with Crippen molar-refractivity contribution in [3.8, 4) is 0 Å². The third kappa shape index (κ3) is 2.37. The van der Waals surface area contributed by atoms with E-state index in [9.17, 15) is 4.79 Å². The van der Waals surface area contributed by atoms with Crippen molar-refractivity contribution in [1.82, 2.24) is 9.88 Å². The average molecular weight is 294 g/mol. The molecule has 108 valence electrons. The largest absolute Gasteiger partial charge is 0.359 e. The Labute approximate surface area is 124 Å². The second kappa shape index (κ2) is 5.24. The van der Waals surface area contributed by atoms with E-state index in [1.165, 1.54) is 25.7 Å². The number of carbonyl (C=O) groups excluding carboxylic acids is 1. The van der Waals surface area contributed by atoms with Crippen molar-refractivity contribution < 1.29 is 4.79 Å². The highest BCUT2D eigenvalue weighted by Gasteiger charge is 2.29. The van der Waals surface area contributed by atoms with E-state index >= 15 is 0 Å². The van der Waals surface area contributed by atoms with Gasteiger partial charge in [0.25, 0.3) is 5.91 Å². The molecule has 20 heavy (non-hydrogen) atoms. The van der Waals surface area contributed by atoms with E-state index in [4.69, 9.17) is 11.6 Å². The number of carbonyl (C=O) groups is 1. The van der Waals surface area contributed by atoms with E-state index in [1.54, 1.807) is 11.9 Å². The molecule has 1 aliphatic heterocycles. The third-order valence-electron chi connectivity index (χ3n) is 4.43. The van der Waals surface area contributed by atoms with E-state index in [0.717, 1.165) is 23.8 Å². The van der Waals surface area contributed by atoms with Gasteiger partial charge < -0.3 is 9.80 Å². The van der Waals surface area contributed by atoms with Crippen LogP contribution in [0.4, 0.5) is 5.82 Å². The minimum absolute atomic E-state index is 0.0415. The van der Waals surface area contributed by atoms with Crippen LogP contribution in [0, 0.1) is 5.92 Å². The smallest absolute Gasteiger partial charge is 0.254 e. The van der Waals surface area contributed by atoms with Crippen LogP contribution < -0.4 is 4.90 Å². The Morgan fingerprint density at radius 2 is 2.15 bits per heavy atom. The first-order valence-corrected chi connectivity index (χ1v) is 7.60. The number of amides is 1. The van der Waals surface area contributed by atoms with Gasteiger partial charge in [-0.1, -0.05) is 24.4 Å². The predicted molar refractivity (Wildman–Crippen MR) is 80.3 cm³/mol. The van der Waals surface area contributed by atoms with E-state index in [2.05, 4.69) is 9.88 Å². The lowest BCUT2D eigenvalue weighted by atomic mass is 10.1. The van der Waals surface area contributed by atoms with Crippen LogP contribution in [-0.4, -0.2) is 36.4 Å². The van der Waals surface area contributed by atoms with E-state index in [0.29, 0.717) is 17.3 Å². The van der Waals surface area contributed by atoms with Gasteiger partial charge in [-0.25, -0.2) is 4.98 Å². The number of halogens is 1. The zero-order valence-electron chi connectivity index (χ0n) is 12.0. The van der Waals surface area contributed by atoms with Crippen molar-refractivity contribution in [2.24, 2.45) is 5.92 Å². The molecule has 1 aromatic heterocycles. The van der Waals surface area contributed by atoms with E-state index in [-0.39, 0.29) is 5.91 Å². The number of pyridine rings is 1. The quantitative estimate of drug-likeness (QED) is 0.804. The lowest BCUT2D eigenvalue weighted by Crippen LogP contribution is -2.25. The fourth-order valence-electron chi connectivity index (χ4n) is 3.25. The highest BCUT2D eigenvalue weighted by atomic mass is 35.5. The van der Waals surface area contributed by atoms with Crippen molar-refractivity contribution in [3.05, 3.63) is 22.3 Å². The fourth-order valence-corrected chi connectivity index (χ4v) is 3.50. The lowest BCUT2D eigenvalue weighted by Gasteiger charge is -2.22. The number of hydrogen-bond donors (Lipinski definition) is 0. The highest BCUT2D eigenvalue weighted by Crippen LogP contribution is 2.31. The Balaban J connectivity index is 1.84. The maximum absolute atomic E-state index is 12.1. The van der Waals surface area contributed by atoms with Crippen LogP contribution in [0.25, 0.3) is 0 Å². The van der Waals surface area contributed by atoms with Gasteiger partial charge in [-0.05, 0) is 24.8 Å². The molecular formula is C15H20ClN3O. The molecule has 1 fully saturated rings. The zero-order valence-corrected chi connectivity index (χ0v) is 12.8. The van der Waals surface area contributed by atoms with Crippen molar-refractivity contribution in [3.63, 3.8) is 0 Å². The SMILES string of the molecule is CN1Cc2c(cc(N(C)CC3CCCC3)nc2Cl)C1=O. The number of hydrogen-bond acceptors (Lipinski definition) is 3. The Hall–Kier alpha value is -1.29. The zero-order chi connectivity index (χ0) is 14.3. The van der Waals surface area contributed by atoms with Crippen LogP contribution in [0.3, 0.4) is 0 Å². The van der Waals surface area contributed by atoms with Gasteiger partial charge in [0.2, 0.25) is 0 Å². The van der Waals surface area contributed by atoms with Crippen LogP contribution in [-0.2, 0) is 6.54 Å². The van der Waals surface area contributed by atoms with Gasteiger partial charge in [-0.15, -0.1) is 0 Å². The Bertz CT molecular complexity index is 540. The number of fused-ring (bicyclic) bond motifs is 1. The van der Waals surface area contributed by atoms with Gasteiger partial charge in [0, 0.05) is 32.7 Å². The van der Waals surface area contributed by atoms with Crippen LogP contribution in [0.2, 0.25) is 5.15 Å². The Morgan fingerprint density at radius 1 is 1.45 bits per heavy atom. The average Bonchev–Trinajstić information content (AvgIpc) is 3.01. The third-order valence-corrected chi connectivity index (χ3v) is 4.74. The van der Waals surface area contributed by atoms with Crippen LogP contribution in [0.15, 0.2) is 6.07 Å². The minimum atomic E-state index is 0.0415. The summed E-state index contributed by atoms with van der Waals surface area (Å²) in [6, 6.07) is 1.89. The summed E-state index contributed by atoms with van der Waals surface area (Å²) in [7, 11) is 3.83. The lowest BCUT2D eigenvalue weighted by molar-refractivity contribution is 0.0816.